The van der Waals surface area contributed by atoms with Crippen molar-refractivity contribution in [3.63, 3.8) is 0 Å². The molecule has 16 heavy (non-hydrogen) atoms. The van der Waals surface area contributed by atoms with Crippen molar-refractivity contribution >= 4 is 11.3 Å². The van der Waals surface area contributed by atoms with E-state index >= 15 is 0 Å². The first kappa shape index (κ1) is 11.4. The molecule has 2 aromatic rings. The fourth-order valence-corrected chi connectivity index (χ4v) is 2.97. The third-order valence-corrected chi connectivity index (χ3v) is 3.80. The Labute approximate surface area is 101 Å². The van der Waals surface area contributed by atoms with Gasteiger partial charge >= 0.3 is 0 Å². The van der Waals surface area contributed by atoms with E-state index in [0.717, 1.165) is 0 Å². The Bertz CT molecular complexity index is 499. The fraction of sp³-hybridized carbons (Fsp3) is 0.286. The Balaban J connectivity index is 2.38. The van der Waals surface area contributed by atoms with Crippen LogP contribution in [0.5, 0.6) is 0 Å². The lowest BCUT2D eigenvalue weighted by Crippen LogP contribution is -2.12. The predicted molar refractivity (Wildman–Crippen MR) is 71.0 cm³/mol. The summed E-state index contributed by atoms with van der Waals surface area (Å²) in [4.78, 5) is 2.65. The number of nitrogens with two attached hydrogens (primary N) is 1. The van der Waals surface area contributed by atoms with Crippen molar-refractivity contribution in [2.24, 2.45) is 5.73 Å². The number of hydrogen-bond donors (Lipinski definition) is 1. The lowest BCUT2D eigenvalue weighted by atomic mass is 9.99. The van der Waals surface area contributed by atoms with Gasteiger partial charge in [0.25, 0.3) is 0 Å². The van der Waals surface area contributed by atoms with Crippen LogP contribution in [0.3, 0.4) is 0 Å². The molecular formula is C14H17NS. The van der Waals surface area contributed by atoms with E-state index in [1.165, 1.54) is 26.4 Å². The molecule has 2 heteroatoms. The molecule has 0 fully saturated rings. The number of rotatable bonds is 2. The van der Waals surface area contributed by atoms with E-state index in [9.17, 15) is 0 Å². The first-order valence-corrected chi connectivity index (χ1v) is 6.28. The zero-order chi connectivity index (χ0) is 11.7. The summed E-state index contributed by atoms with van der Waals surface area (Å²) in [5.41, 5.74) is 10.0. The summed E-state index contributed by atoms with van der Waals surface area (Å²) in [6, 6.07) is 10.6. The van der Waals surface area contributed by atoms with E-state index in [4.69, 9.17) is 5.73 Å². The molecule has 2 rings (SSSR count). The monoisotopic (exact) mass is 231 g/mol. The maximum atomic E-state index is 6.31. The summed E-state index contributed by atoms with van der Waals surface area (Å²) in [6.45, 7) is 6.37. The van der Waals surface area contributed by atoms with Gasteiger partial charge in [-0.15, -0.1) is 11.3 Å². The van der Waals surface area contributed by atoms with Gasteiger partial charge in [0.05, 0.1) is 6.04 Å². The number of thiophene rings is 1. The number of benzene rings is 1. The molecule has 1 atom stereocenters. The Morgan fingerprint density at radius 1 is 1.12 bits per heavy atom. The van der Waals surface area contributed by atoms with Gasteiger partial charge in [-0.1, -0.05) is 29.8 Å². The molecule has 0 aliphatic rings. The van der Waals surface area contributed by atoms with Gasteiger partial charge in [0.2, 0.25) is 0 Å². The number of hydrogen-bond acceptors (Lipinski definition) is 2. The molecule has 0 saturated heterocycles. The van der Waals surface area contributed by atoms with Crippen LogP contribution in [-0.2, 0) is 0 Å². The summed E-state index contributed by atoms with van der Waals surface area (Å²) in [6.07, 6.45) is 0. The highest BCUT2D eigenvalue weighted by molar-refractivity contribution is 7.12. The van der Waals surface area contributed by atoms with Crippen LogP contribution in [0.4, 0.5) is 0 Å². The van der Waals surface area contributed by atoms with Crippen LogP contribution in [0.1, 0.15) is 32.5 Å². The van der Waals surface area contributed by atoms with Gasteiger partial charge in [-0.05, 0) is 38.0 Å². The molecular weight excluding hydrogens is 214 g/mol. The molecule has 0 bridgehead atoms. The van der Waals surface area contributed by atoms with Crippen LogP contribution in [-0.4, -0.2) is 0 Å². The quantitative estimate of drug-likeness (QED) is 0.837. The first-order chi connectivity index (χ1) is 7.58. The fourth-order valence-electron chi connectivity index (χ4n) is 2.00. The maximum Gasteiger partial charge on any atom is 0.0562 e. The van der Waals surface area contributed by atoms with Crippen LogP contribution < -0.4 is 5.73 Å². The average Bonchev–Trinajstić information content (AvgIpc) is 2.57. The minimum absolute atomic E-state index is 0.00449. The first-order valence-electron chi connectivity index (χ1n) is 5.47. The van der Waals surface area contributed by atoms with Crippen molar-refractivity contribution in [2.45, 2.75) is 26.8 Å². The van der Waals surface area contributed by atoms with E-state index in [1.54, 1.807) is 0 Å². The van der Waals surface area contributed by atoms with Gasteiger partial charge in [-0.2, -0.15) is 0 Å². The van der Waals surface area contributed by atoms with Crippen LogP contribution in [0, 0.1) is 20.8 Å². The molecule has 1 aromatic carbocycles. The van der Waals surface area contributed by atoms with Crippen molar-refractivity contribution in [1.29, 1.82) is 0 Å². The van der Waals surface area contributed by atoms with Crippen molar-refractivity contribution in [3.8, 4) is 0 Å². The molecule has 1 heterocycles. The Morgan fingerprint density at radius 3 is 2.44 bits per heavy atom. The second-order valence-electron chi connectivity index (χ2n) is 4.26. The Kier molecular flexibility index (Phi) is 3.13. The minimum Gasteiger partial charge on any atom is -0.320 e. The van der Waals surface area contributed by atoms with Crippen LogP contribution in [0.25, 0.3) is 0 Å². The predicted octanol–water partition coefficient (Wildman–Crippen LogP) is 3.72. The summed E-state index contributed by atoms with van der Waals surface area (Å²) in [7, 11) is 0. The van der Waals surface area contributed by atoms with Crippen molar-refractivity contribution in [3.05, 3.63) is 56.8 Å². The summed E-state index contributed by atoms with van der Waals surface area (Å²) in [5.74, 6) is 0. The lowest BCUT2D eigenvalue weighted by molar-refractivity contribution is 0.867. The van der Waals surface area contributed by atoms with E-state index in [1.807, 2.05) is 11.3 Å². The van der Waals surface area contributed by atoms with Crippen molar-refractivity contribution < 1.29 is 0 Å². The summed E-state index contributed by atoms with van der Waals surface area (Å²) >= 11 is 1.82. The molecule has 0 aliphatic heterocycles. The van der Waals surface area contributed by atoms with Crippen LogP contribution in [0.15, 0.2) is 30.3 Å². The van der Waals surface area contributed by atoms with E-state index in [2.05, 4.69) is 51.1 Å². The van der Waals surface area contributed by atoms with Gasteiger partial charge in [0, 0.05) is 9.75 Å². The largest absolute Gasteiger partial charge is 0.320 e. The molecule has 0 saturated carbocycles. The van der Waals surface area contributed by atoms with E-state index < -0.39 is 0 Å². The molecule has 1 aromatic heterocycles. The standard InChI is InChI=1S/C14H17NS/c1-9-5-4-6-12(7-9)14(15)13-8-10(2)16-11(13)3/h4-8,14H,15H2,1-3H3. The van der Waals surface area contributed by atoms with Crippen LogP contribution >= 0.6 is 11.3 Å². The molecule has 2 N–H and O–H groups in total. The van der Waals surface area contributed by atoms with E-state index in [0.29, 0.717) is 0 Å². The lowest BCUT2D eigenvalue weighted by Gasteiger charge is -2.12. The maximum absolute atomic E-state index is 6.31. The van der Waals surface area contributed by atoms with Gasteiger partial charge in [0.15, 0.2) is 0 Å². The highest BCUT2D eigenvalue weighted by Crippen LogP contribution is 2.29. The highest BCUT2D eigenvalue weighted by atomic mass is 32.1. The van der Waals surface area contributed by atoms with Gasteiger partial charge < -0.3 is 5.73 Å². The zero-order valence-corrected chi connectivity index (χ0v) is 10.8. The second kappa shape index (κ2) is 4.40. The molecule has 1 nitrogen and oxygen atoms in total. The van der Waals surface area contributed by atoms with Crippen LogP contribution in [0.2, 0.25) is 0 Å². The third-order valence-electron chi connectivity index (χ3n) is 2.82. The van der Waals surface area contributed by atoms with Gasteiger partial charge in [-0.3, -0.25) is 0 Å². The van der Waals surface area contributed by atoms with Crippen molar-refractivity contribution in [1.82, 2.24) is 0 Å². The molecule has 84 valence electrons. The zero-order valence-electron chi connectivity index (χ0n) is 9.95. The van der Waals surface area contributed by atoms with E-state index in [-0.39, 0.29) is 6.04 Å². The summed E-state index contributed by atoms with van der Waals surface area (Å²) in [5, 5.41) is 0. The van der Waals surface area contributed by atoms with Gasteiger partial charge in [-0.25, -0.2) is 0 Å². The minimum atomic E-state index is 0.00449. The highest BCUT2D eigenvalue weighted by Gasteiger charge is 2.13. The van der Waals surface area contributed by atoms with Crippen molar-refractivity contribution in [2.75, 3.05) is 0 Å². The smallest absolute Gasteiger partial charge is 0.0562 e. The summed E-state index contributed by atoms with van der Waals surface area (Å²) < 4.78 is 0. The Hall–Kier alpha value is -1.12. The normalized spacial score (nSPS) is 12.8. The SMILES string of the molecule is Cc1cccc(C(N)c2cc(C)sc2C)c1. The average molecular weight is 231 g/mol. The molecule has 0 aliphatic carbocycles. The van der Waals surface area contributed by atoms with Gasteiger partial charge in [0.1, 0.15) is 0 Å². The molecule has 0 spiro atoms. The molecule has 1 unspecified atom stereocenters. The Morgan fingerprint density at radius 2 is 1.88 bits per heavy atom. The number of aryl methyl sites for hydroxylation is 3. The molecule has 0 amide bonds. The third kappa shape index (κ3) is 2.18. The second-order valence-corrected chi connectivity index (χ2v) is 5.72. The topological polar surface area (TPSA) is 26.0 Å². The molecule has 0 radical (unpaired) electrons.